The molecule has 2 nitrogen and oxygen atoms in total. The Labute approximate surface area is 115 Å². The van der Waals surface area contributed by atoms with E-state index < -0.39 is 0 Å². The topological polar surface area (TPSA) is 15.3 Å². The normalized spacial score (nSPS) is 30.5. The average Bonchev–Trinajstić information content (AvgIpc) is 2.40. The van der Waals surface area contributed by atoms with Crippen LogP contribution in [0.1, 0.15) is 37.7 Å². The van der Waals surface area contributed by atoms with E-state index >= 15 is 0 Å². The van der Waals surface area contributed by atoms with Crippen molar-refractivity contribution in [3.63, 3.8) is 0 Å². The highest BCUT2D eigenvalue weighted by molar-refractivity contribution is 5.53. The molecule has 0 saturated carbocycles. The fourth-order valence-corrected chi connectivity index (χ4v) is 3.83. The molecule has 104 valence electrons. The molecule has 0 amide bonds. The molecule has 2 fully saturated rings. The van der Waals surface area contributed by atoms with Gasteiger partial charge >= 0.3 is 0 Å². The van der Waals surface area contributed by atoms with E-state index in [0.29, 0.717) is 18.1 Å². The number of piperidine rings is 2. The average molecular weight is 262 g/mol. The molecule has 3 rings (SSSR count). The minimum absolute atomic E-state index is 0.0644. The zero-order valence-corrected chi connectivity index (χ0v) is 11.8. The summed E-state index contributed by atoms with van der Waals surface area (Å²) in [4.78, 5) is 2.37. The van der Waals surface area contributed by atoms with Gasteiger partial charge in [-0.05, 0) is 63.8 Å². The smallest absolute Gasteiger partial charge is 0.146 e. The third kappa shape index (κ3) is 2.36. The number of anilines is 1. The molecule has 0 aliphatic carbocycles. The third-order valence-electron chi connectivity index (χ3n) is 4.76. The van der Waals surface area contributed by atoms with Gasteiger partial charge in [0.2, 0.25) is 0 Å². The fourth-order valence-electron chi connectivity index (χ4n) is 3.83. The zero-order chi connectivity index (χ0) is 13.4. The first-order valence-corrected chi connectivity index (χ1v) is 7.41. The van der Waals surface area contributed by atoms with Crippen molar-refractivity contribution in [2.75, 3.05) is 11.9 Å². The van der Waals surface area contributed by atoms with E-state index in [1.165, 1.54) is 19.3 Å². The van der Waals surface area contributed by atoms with E-state index in [0.717, 1.165) is 24.1 Å². The van der Waals surface area contributed by atoms with E-state index in [9.17, 15) is 4.39 Å². The Morgan fingerprint density at radius 2 is 1.89 bits per heavy atom. The lowest BCUT2D eigenvalue weighted by atomic mass is 9.81. The van der Waals surface area contributed by atoms with Crippen LogP contribution in [0.4, 0.5) is 10.1 Å². The molecule has 3 heteroatoms. The maximum atomic E-state index is 14.2. The second-order valence-electron chi connectivity index (χ2n) is 6.06. The first-order valence-electron chi connectivity index (χ1n) is 7.41. The van der Waals surface area contributed by atoms with Crippen LogP contribution in [0.15, 0.2) is 18.2 Å². The van der Waals surface area contributed by atoms with Gasteiger partial charge in [-0.25, -0.2) is 4.39 Å². The Morgan fingerprint density at radius 1 is 1.21 bits per heavy atom. The Hall–Kier alpha value is -1.09. The number of nitrogens with one attached hydrogen (secondary N) is 1. The third-order valence-corrected chi connectivity index (χ3v) is 4.76. The lowest BCUT2D eigenvalue weighted by Crippen LogP contribution is -2.56. The highest BCUT2D eigenvalue weighted by Gasteiger charge is 2.38. The monoisotopic (exact) mass is 262 g/mol. The molecule has 1 N–H and O–H groups in total. The summed E-state index contributed by atoms with van der Waals surface area (Å²) in [6.07, 6.45) is 5.96. The van der Waals surface area contributed by atoms with Gasteiger partial charge in [-0.2, -0.15) is 0 Å². The SMILES string of the molecule is CNC1CC2CCCC(C1)N2c1cc(C)ccc1F. The molecule has 2 heterocycles. The molecule has 1 aromatic carbocycles. The number of fused-ring (bicyclic) bond motifs is 2. The Balaban J connectivity index is 1.93. The molecule has 2 unspecified atom stereocenters. The molecule has 2 saturated heterocycles. The van der Waals surface area contributed by atoms with Gasteiger partial charge in [0.05, 0.1) is 5.69 Å². The minimum Gasteiger partial charge on any atom is -0.363 e. The van der Waals surface area contributed by atoms with Gasteiger partial charge in [0.15, 0.2) is 0 Å². The van der Waals surface area contributed by atoms with Gasteiger partial charge in [0, 0.05) is 18.1 Å². The van der Waals surface area contributed by atoms with Crippen molar-refractivity contribution in [3.8, 4) is 0 Å². The molecular formula is C16H23FN2. The van der Waals surface area contributed by atoms with E-state index in [1.807, 2.05) is 26.1 Å². The highest BCUT2D eigenvalue weighted by atomic mass is 19.1. The second-order valence-corrected chi connectivity index (χ2v) is 6.06. The van der Waals surface area contributed by atoms with Crippen LogP contribution >= 0.6 is 0 Å². The maximum Gasteiger partial charge on any atom is 0.146 e. The van der Waals surface area contributed by atoms with Crippen LogP contribution < -0.4 is 10.2 Å². The number of aryl methyl sites for hydroxylation is 1. The number of hydrogen-bond donors (Lipinski definition) is 1. The Kier molecular flexibility index (Phi) is 3.48. The highest BCUT2D eigenvalue weighted by Crippen LogP contribution is 2.38. The Morgan fingerprint density at radius 3 is 2.53 bits per heavy atom. The molecule has 2 bridgehead atoms. The first-order chi connectivity index (χ1) is 9.19. The summed E-state index contributed by atoms with van der Waals surface area (Å²) in [5.74, 6) is -0.0644. The van der Waals surface area contributed by atoms with E-state index in [4.69, 9.17) is 0 Å². The van der Waals surface area contributed by atoms with Gasteiger partial charge in [0.1, 0.15) is 5.82 Å². The Bertz CT molecular complexity index is 446. The van der Waals surface area contributed by atoms with Crippen LogP contribution in [0.25, 0.3) is 0 Å². The van der Waals surface area contributed by atoms with Crippen LogP contribution in [0, 0.1) is 12.7 Å². The quantitative estimate of drug-likeness (QED) is 0.880. The lowest BCUT2D eigenvalue weighted by molar-refractivity contribution is 0.250. The summed E-state index contributed by atoms with van der Waals surface area (Å²) >= 11 is 0. The molecule has 0 spiro atoms. The summed E-state index contributed by atoms with van der Waals surface area (Å²) in [6.45, 7) is 2.04. The van der Waals surface area contributed by atoms with Gasteiger partial charge in [-0.1, -0.05) is 6.07 Å². The number of nitrogens with zero attached hydrogens (tertiary/aromatic N) is 1. The molecule has 2 atom stereocenters. The van der Waals surface area contributed by atoms with Crippen molar-refractivity contribution in [3.05, 3.63) is 29.6 Å². The largest absolute Gasteiger partial charge is 0.363 e. The van der Waals surface area contributed by atoms with Crippen LogP contribution in [-0.2, 0) is 0 Å². The summed E-state index contributed by atoms with van der Waals surface area (Å²) in [5, 5.41) is 3.41. The molecular weight excluding hydrogens is 239 g/mol. The van der Waals surface area contributed by atoms with Crippen molar-refractivity contribution in [2.24, 2.45) is 0 Å². The predicted octanol–water partition coefficient (Wildman–Crippen LogP) is 3.24. The molecule has 0 radical (unpaired) electrons. The van der Waals surface area contributed by atoms with Crippen LogP contribution in [0.3, 0.4) is 0 Å². The molecule has 1 aromatic rings. The van der Waals surface area contributed by atoms with Crippen LogP contribution in [0.2, 0.25) is 0 Å². The number of halogens is 1. The summed E-state index contributed by atoms with van der Waals surface area (Å²) < 4.78 is 14.2. The fraction of sp³-hybridized carbons (Fsp3) is 0.625. The maximum absolute atomic E-state index is 14.2. The van der Waals surface area contributed by atoms with Crippen molar-refractivity contribution in [2.45, 2.75) is 57.2 Å². The van der Waals surface area contributed by atoms with E-state index in [-0.39, 0.29) is 5.82 Å². The first kappa shape index (κ1) is 12.9. The van der Waals surface area contributed by atoms with Crippen LogP contribution in [0.5, 0.6) is 0 Å². The van der Waals surface area contributed by atoms with Crippen molar-refractivity contribution >= 4 is 5.69 Å². The molecule has 2 aliphatic rings. The van der Waals surface area contributed by atoms with Gasteiger partial charge in [-0.15, -0.1) is 0 Å². The van der Waals surface area contributed by atoms with Crippen molar-refractivity contribution in [1.82, 2.24) is 5.32 Å². The van der Waals surface area contributed by atoms with Crippen LogP contribution in [-0.4, -0.2) is 25.2 Å². The zero-order valence-electron chi connectivity index (χ0n) is 11.8. The molecule has 0 aromatic heterocycles. The summed E-state index contributed by atoms with van der Waals surface area (Å²) in [7, 11) is 2.04. The molecule has 2 aliphatic heterocycles. The predicted molar refractivity (Wildman–Crippen MR) is 77.1 cm³/mol. The lowest BCUT2D eigenvalue weighted by Gasteiger charge is -2.50. The molecule has 19 heavy (non-hydrogen) atoms. The van der Waals surface area contributed by atoms with Crippen molar-refractivity contribution < 1.29 is 4.39 Å². The van der Waals surface area contributed by atoms with E-state index in [1.54, 1.807) is 6.07 Å². The number of benzene rings is 1. The van der Waals surface area contributed by atoms with Gasteiger partial charge in [0.25, 0.3) is 0 Å². The summed E-state index contributed by atoms with van der Waals surface area (Å²) in [5.41, 5.74) is 1.97. The second kappa shape index (κ2) is 5.12. The standard InChI is InChI=1S/C16H23FN2/c1-11-6-7-15(17)16(8-11)19-13-4-3-5-14(19)10-12(9-13)18-2/h6-8,12-14,18H,3-5,9-10H2,1-2H3. The van der Waals surface area contributed by atoms with Gasteiger partial charge < -0.3 is 10.2 Å². The number of rotatable bonds is 2. The minimum atomic E-state index is -0.0644. The van der Waals surface area contributed by atoms with E-state index in [2.05, 4.69) is 10.2 Å². The van der Waals surface area contributed by atoms with Gasteiger partial charge in [-0.3, -0.25) is 0 Å². The summed E-state index contributed by atoms with van der Waals surface area (Å²) in [6, 6.07) is 7.08. The van der Waals surface area contributed by atoms with Crippen molar-refractivity contribution in [1.29, 1.82) is 0 Å². The number of hydrogen-bond acceptors (Lipinski definition) is 2.